The first kappa shape index (κ1) is 20.9. The van der Waals surface area contributed by atoms with Gasteiger partial charge in [-0.15, -0.1) is 0 Å². The van der Waals surface area contributed by atoms with Gasteiger partial charge < -0.3 is 15.2 Å². The number of carboxylic acids is 1. The number of carbonyl (C=O) groups excluding carboxylic acids is 1. The molecule has 0 spiro atoms. The third kappa shape index (κ3) is 17.0. The maximum absolute atomic E-state index is 11.3. The van der Waals surface area contributed by atoms with Crippen LogP contribution >= 0.6 is 0 Å². The summed E-state index contributed by atoms with van der Waals surface area (Å²) in [5, 5.41) is 11.1. The van der Waals surface area contributed by atoms with Gasteiger partial charge in [0.2, 0.25) is 0 Å². The Hall–Kier alpha value is -1.10. The summed E-state index contributed by atoms with van der Waals surface area (Å²) < 4.78 is 5.09. The highest BCUT2D eigenvalue weighted by molar-refractivity contribution is 5.70. The second-order valence-corrected chi connectivity index (χ2v) is 5.72. The van der Waals surface area contributed by atoms with Crippen LogP contribution in [0.15, 0.2) is 0 Å². The van der Waals surface area contributed by atoms with Crippen LogP contribution < -0.4 is 5.32 Å². The van der Waals surface area contributed by atoms with Crippen molar-refractivity contribution in [1.82, 2.24) is 5.32 Å². The van der Waals surface area contributed by atoms with E-state index in [9.17, 15) is 9.59 Å². The van der Waals surface area contributed by atoms with Gasteiger partial charge in [0, 0.05) is 6.54 Å². The van der Waals surface area contributed by atoms with E-state index in [4.69, 9.17) is 9.84 Å². The van der Waals surface area contributed by atoms with Gasteiger partial charge in [0.25, 0.3) is 0 Å². The largest absolute Gasteiger partial charge is 0.480 e. The van der Waals surface area contributed by atoms with Crippen molar-refractivity contribution in [1.29, 1.82) is 0 Å². The van der Waals surface area contributed by atoms with Crippen molar-refractivity contribution in [2.75, 3.05) is 19.7 Å². The predicted molar refractivity (Wildman–Crippen MR) is 87.9 cm³/mol. The maximum atomic E-state index is 11.3. The highest BCUT2D eigenvalue weighted by Crippen LogP contribution is 2.10. The Morgan fingerprint density at radius 1 is 0.909 bits per heavy atom. The first-order valence-corrected chi connectivity index (χ1v) is 8.75. The molecule has 0 bridgehead atoms. The molecule has 0 saturated heterocycles. The molecule has 5 heteroatoms. The summed E-state index contributed by atoms with van der Waals surface area (Å²) in [6.45, 7) is 2.95. The minimum atomic E-state index is -0.918. The minimum absolute atomic E-state index is 0.119. The van der Waals surface area contributed by atoms with Crippen molar-refractivity contribution in [3.63, 3.8) is 0 Å². The third-order valence-electron chi connectivity index (χ3n) is 3.54. The average Bonchev–Trinajstić information content (AvgIpc) is 2.49. The van der Waals surface area contributed by atoms with Gasteiger partial charge in [0.05, 0.1) is 19.6 Å². The van der Waals surface area contributed by atoms with Gasteiger partial charge in [-0.1, -0.05) is 64.7 Å². The molecule has 0 aromatic heterocycles. The molecule has 22 heavy (non-hydrogen) atoms. The van der Waals surface area contributed by atoms with Crippen LogP contribution in [0.1, 0.15) is 77.6 Å². The van der Waals surface area contributed by atoms with Crippen LogP contribution in [0.4, 0.5) is 0 Å². The van der Waals surface area contributed by atoms with Gasteiger partial charge in [0.1, 0.15) is 0 Å². The van der Waals surface area contributed by atoms with Crippen LogP contribution in [-0.2, 0) is 14.3 Å². The number of ether oxygens (including phenoxy) is 1. The van der Waals surface area contributed by atoms with Gasteiger partial charge in [-0.3, -0.25) is 9.59 Å². The van der Waals surface area contributed by atoms with Crippen molar-refractivity contribution < 1.29 is 19.4 Å². The molecule has 0 rings (SSSR count). The van der Waals surface area contributed by atoms with Crippen LogP contribution in [0.2, 0.25) is 0 Å². The molecule has 2 N–H and O–H groups in total. The molecule has 0 aliphatic carbocycles. The van der Waals surface area contributed by atoms with Crippen molar-refractivity contribution in [3.8, 4) is 0 Å². The molecule has 0 unspecified atom stereocenters. The molecular weight excluding hydrogens is 282 g/mol. The summed E-state index contributed by atoms with van der Waals surface area (Å²) in [5.74, 6) is -1.17. The van der Waals surface area contributed by atoms with E-state index in [2.05, 4.69) is 12.2 Å². The fourth-order valence-corrected chi connectivity index (χ4v) is 2.23. The van der Waals surface area contributed by atoms with E-state index in [-0.39, 0.29) is 18.9 Å². The lowest BCUT2D eigenvalue weighted by molar-refractivity contribution is -0.144. The van der Waals surface area contributed by atoms with E-state index in [1.807, 2.05) is 0 Å². The molecule has 5 nitrogen and oxygen atoms in total. The Kier molecular flexibility index (Phi) is 15.5. The van der Waals surface area contributed by atoms with Crippen molar-refractivity contribution in [3.05, 3.63) is 0 Å². The Balaban J connectivity index is 3.15. The maximum Gasteiger partial charge on any atom is 0.317 e. The Labute approximate surface area is 134 Å². The van der Waals surface area contributed by atoms with Crippen LogP contribution in [0.3, 0.4) is 0 Å². The van der Waals surface area contributed by atoms with Crippen LogP contribution in [0, 0.1) is 0 Å². The van der Waals surface area contributed by atoms with E-state index in [1.165, 1.54) is 51.4 Å². The van der Waals surface area contributed by atoms with Gasteiger partial charge >= 0.3 is 11.9 Å². The molecule has 0 saturated carbocycles. The van der Waals surface area contributed by atoms with Crippen molar-refractivity contribution in [2.24, 2.45) is 0 Å². The number of aliphatic carboxylic acids is 1. The zero-order chi connectivity index (χ0) is 16.5. The molecule has 0 aromatic carbocycles. The first-order chi connectivity index (χ1) is 10.7. The molecule has 0 aromatic rings. The molecule has 0 aliphatic rings. The van der Waals surface area contributed by atoms with Gasteiger partial charge in [-0.2, -0.15) is 0 Å². The van der Waals surface area contributed by atoms with Crippen LogP contribution in [-0.4, -0.2) is 36.7 Å². The Bertz CT molecular complexity index is 282. The molecule has 0 atom stereocenters. The van der Waals surface area contributed by atoms with Crippen LogP contribution in [0.25, 0.3) is 0 Å². The monoisotopic (exact) mass is 315 g/mol. The third-order valence-corrected chi connectivity index (χ3v) is 3.54. The average molecular weight is 315 g/mol. The summed E-state index contributed by atoms with van der Waals surface area (Å²) in [7, 11) is 0. The zero-order valence-corrected chi connectivity index (χ0v) is 14.1. The quantitative estimate of drug-likeness (QED) is 0.337. The van der Waals surface area contributed by atoms with Gasteiger partial charge in [-0.05, 0) is 6.42 Å². The standard InChI is InChI=1S/C17H33NO4/c1-2-3-4-5-6-7-8-9-10-11-14-22-17(21)12-13-18-15-16(19)20/h18H,2-15H2,1H3,(H,19,20). The number of carbonyl (C=O) groups is 2. The Morgan fingerprint density at radius 3 is 2.00 bits per heavy atom. The van der Waals surface area contributed by atoms with E-state index in [0.717, 1.165) is 12.8 Å². The summed E-state index contributed by atoms with van der Waals surface area (Å²) in [6, 6.07) is 0. The smallest absolute Gasteiger partial charge is 0.317 e. The van der Waals surface area contributed by atoms with Crippen molar-refractivity contribution in [2.45, 2.75) is 77.6 Å². The van der Waals surface area contributed by atoms with E-state index < -0.39 is 5.97 Å². The summed E-state index contributed by atoms with van der Waals surface area (Å²) >= 11 is 0. The molecule has 0 heterocycles. The fourth-order valence-electron chi connectivity index (χ4n) is 2.23. The number of esters is 1. The number of hydrogen-bond acceptors (Lipinski definition) is 4. The van der Waals surface area contributed by atoms with Gasteiger partial charge in [-0.25, -0.2) is 0 Å². The molecule has 0 radical (unpaired) electrons. The molecule has 0 aliphatic heterocycles. The minimum Gasteiger partial charge on any atom is -0.480 e. The summed E-state index contributed by atoms with van der Waals surface area (Å²) in [6.07, 6.45) is 12.8. The summed E-state index contributed by atoms with van der Waals surface area (Å²) in [5.41, 5.74) is 0. The topological polar surface area (TPSA) is 75.6 Å². The van der Waals surface area contributed by atoms with Crippen LogP contribution in [0.5, 0.6) is 0 Å². The lowest BCUT2D eigenvalue weighted by Gasteiger charge is -2.05. The highest BCUT2D eigenvalue weighted by atomic mass is 16.5. The van der Waals surface area contributed by atoms with Gasteiger partial charge in [0.15, 0.2) is 0 Å². The summed E-state index contributed by atoms with van der Waals surface area (Å²) in [4.78, 5) is 21.6. The first-order valence-electron chi connectivity index (χ1n) is 8.75. The second-order valence-electron chi connectivity index (χ2n) is 5.72. The van der Waals surface area contributed by atoms with E-state index in [1.54, 1.807) is 0 Å². The zero-order valence-electron chi connectivity index (χ0n) is 14.1. The predicted octanol–water partition coefficient (Wildman–Crippen LogP) is 3.51. The molecule has 0 fully saturated rings. The number of nitrogens with one attached hydrogen (secondary N) is 1. The number of hydrogen-bond donors (Lipinski definition) is 2. The molecule has 0 amide bonds. The second kappa shape index (κ2) is 16.3. The number of rotatable bonds is 16. The fraction of sp³-hybridized carbons (Fsp3) is 0.882. The lowest BCUT2D eigenvalue weighted by atomic mass is 10.1. The molecule has 130 valence electrons. The number of unbranched alkanes of at least 4 members (excludes halogenated alkanes) is 9. The lowest BCUT2D eigenvalue weighted by Crippen LogP contribution is -2.25. The Morgan fingerprint density at radius 2 is 1.45 bits per heavy atom. The van der Waals surface area contributed by atoms with Crippen molar-refractivity contribution >= 4 is 11.9 Å². The number of carboxylic acid groups (broad SMARTS) is 1. The molecular formula is C17H33NO4. The SMILES string of the molecule is CCCCCCCCCCCCOC(=O)CCNCC(=O)O. The van der Waals surface area contributed by atoms with E-state index in [0.29, 0.717) is 13.2 Å². The highest BCUT2D eigenvalue weighted by Gasteiger charge is 2.03. The normalized spacial score (nSPS) is 10.6. The van der Waals surface area contributed by atoms with E-state index >= 15 is 0 Å².